The number of carbonyl (C=O) groups excluding carboxylic acids is 1. The highest BCUT2D eigenvalue weighted by molar-refractivity contribution is 7.92. The van der Waals surface area contributed by atoms with Gasteiger partial charge >= 0.3 is 0 Å². The van der Waals surface area contributed by atoms with Crippen LogP contribution in [0.1, 0.15) is 10.4 Å². The Morgan fingerprint density at radius 2 is 1.57 bits per heavy atom. The molecule has 0 unspecified atom stereocenters. The summed E-state index contributed by atoms with van der Waals surface area (Å²) in [7, 11) is -3.91. The molecule has 0 radical (unpaired) electrons. The van der Waals surface area contributed by atoms with Gasteiger partial charge in [0.2, 0.25) is 0 Å². The van der Waals surface area contributed by atoms with Crippen LogP contribution < -0.4 is 10.0 Å². The van der Waals surface area contributed by atoms with E-state index in [0.717, 1.165) is 24.3 Å². The van der Waals surface area contributed by atoms with Crippen LogP contribution in [0.3, 0.4) is 0 Å². The lowest BCUT2D eigenvalue weighted by Crippen LogP contribution is -2.14. The van der Waals surface area contributed by atoms with E-state index in [0.29, 0.717) is 0 Å². The van der Waals surface area contributed by atoms with Crippen LogP contribution in [0.15, 0.2) is 71.6 Å². The third-order valence-electron chi connectivity index (χ3n) is 3.93. The molecular formula is C19H13ClFN3O5S. The van der Waals surface area contributed by atoms with Gasteiger partial charge in [-0.2, -0.15) is 0 Å². The number of nitrogens with zero attached hydrogens (tertiary/aromatic N) is 1. The van der Waals surface area contributed by atoms with E-state index in [2.05, 4.69) is 10.0 Å². The smallest absolute Gasteiger partial charge is 0.270 e. The van der Waals surface area contributed by atoms with Crippen LogP contribution in [-0.2, 0) is 10.0 Å². The van der Waals surface area contributed by atoms with E-state index >= 15 is 0 Å². The number of amides is 1. The van der Waals surface area contributed by atoms with E-state index in [1.54, 1.807) is 0 Å². The van der Waals surface area contributed by atoms with Crippen LogP contribution >= 0.6 is 11.6 Å². The molecule has 0 fully saturated rings. The summed E-state index contributed by atoms with van der Waals surface area (Å²) in [4.78, 5) is 22.4. The normalized spacial score (nSPS) is 11.0. The van der Waals surface area contributed by atoms with Crippen LogP contribution in [-0.4, -0.2) is 19.2 Å². The number of carbonyl (C=O) groups is 1. The van der Waals surface area contributed by atoms with Gasteiger partial charge in [-0.25, -0.2) is 12.8 Å². The van der Waals surface area contributed by atoms with E-state index in [1.165, 1.54) is 42.5 Å². The first kappa shape index (κ1) is 21.2. The van der Waals surface area contributed by atoms with E-state index < -0.39 is 26.7 Å². The molecule has 3 aromatic carbocycles. The molecule has 0 atom stereocenters. The lowest BCUT2D eigenvalue weighted by Gasteiger charge is -2.10. The summed E-state index contributed by atoms with van der Waals surface area (Å²) in [6, 6.07) is 13.6. The standard InChI is InChI=1S/C19H13ClFN3O5S/c20-18-11-15(24(26)27)7-10-17(18)19(25)22-13-5-8-16(9-6-13)30(28,29)23-14-3-1-12(21)2-4-14/h1-11,23H,(H,22,25). The Morgan fingerprint density at radius 1 is 0.967 bits per heavy atom. The number of hydrogen-bond donors (Lipinski definition) is 2. The van der Waals surface area contributed by atoms with Crippen molar-refractivity contribution < 1.29 is 22.5 Å². The van der Waals surface area contributed by atoms with Crippen molar-refractivity contribution in [2.45, 2.75) is 4.90 Å². The number of sulfonamides is 1. The summed E-state index contributed by atoms with van der Waals surface area (Å²) in [6.07, 6.45) is 0. The minimum Gasteiger partial charge on any atom is -0.322 e. The number of rotatable bonds is 6. The van der Waals surface area contributed by atoms with Gasteiger partial charge in [-0.05, 0) is 54.6 Å². The number of halogens is 2. The van der Waals surface area contributed by atoms with Crippen molar-refractivity contribution in [1.29, 1.82) is 0 Å². The molecule has 11 heteroatoms. The monoisotopic (exact) mass is 449 g/mol. The number of non-ortho nitro benzene ring substituents is 1. The fourth-order valence-electron chi connectivity index (χ4n) is 2.45. The van der Waals surface area contributed by atoms with Gasteiger partial charge in [-0.3, -0.25) is 19.6 Å². The van der Waals surface area contributed by atoms with Crippen LogP contribution in [0.4, 0.5) is 21.5 Å². The van der Waals surface area contributed by atoms with Gasteiger partial charge in [0.15, 0.2) is 0 Å². The lowest BCUT2D eigenvalue weighted by atomic mass is 10.2. The third-order valence-corrected chi connectivity index (χ3v) is 5.64. The molecule has 0 aliphatic heterocycles. The summed E-state index contributed by atoms with van der Waals surface area (Å²) in [5.74, 6) is -1.11. The van der Waals surface area contributed by atoms with Crippen molar-refractivity contribution in [2.24, 2.45) is 0 Å². The predicted molar refractivity (Wildman–Crippen MR) is 110 cm³/mol. The first-order chi connectivity index (χ1) is 14.2. The summed E-state index contributed by atoms with van der Waals surface area (Å²) in [6.45, 7) is 0. The van der Waals surface area contributed by atoms with Crippen molar-refractivity contribution in [3.05, 3.63) is 93.2 Å². The summed E-state index contributed by atoms with van der Waals surface area (Å²) in [5.41, 5.74) is 0.258. The average molecular weight is 450 g/mol. The SMILES string of the molecule is O=C(Nc1ccc(S(=O)(=O)Nc2ccc(F)cc2)cc1)c1ccc([N+](=O)[O-])cc1Cl. The topological polar surface area (TPSA) is 118 Å². The third kappa shape index (κ3) is 4.91. The summed E-state index contributed by atoms with van der Waals surface area (Å²) in [5, 5.41) is 13.2. The van der Waals surface area contributed by atoms with Gasteiger partial charge in [-0.1, -0.05) is 11.6 Å². The van der Waals surface area contributed by atoms with Crippen LogP contribution in [0.25, 0.3) is 0 Å². The van der Waals surface area contributed by atoms with Crippen molar-refractivity contribution in [1.82, 2.24) is 0 Å². The number of nitrogens with one attached hydrogen (secondary N) is 2. The van der Waals surface area contributed by atoms with Gasteiger partial charge in [-0.15, -0.1) is 0 Å². The van der Waals surface area contributed by atoms with Gasteiger partial charge in [0.25, 0.3) is 21.6 Å². The molecular weight excluding hydrogens is 437 g/mol. The maximum Gasteiger partial charge on any atom is 0.270 e. The Bertz CT molecular complexity index is 1220. The minimum atomic E-state index is -3.91. The molecule has 0 spiro atoms. The second-order valence-corrected chi connectivity index (χ2v) is 8.10. The molecule has 0 heterocycles. The van der Waals surface area contributed by atoms with Crippen molar-refractivity contribution in [2.75, 3.05) is 10.0 Å². The summed E-state index contributed by atoms with van der Waals surface area (Å²) < 4.78 is 40.1. The summed E-state index contributed by atoms with van der Waals surface area (Å²) >= 11 is 5.93. The maximum atomic E-state index is 12.9. The molecule has 154 valence electrons. The quantitative estimate of drug-likeness (QED) is 0.426. The lowest BCUT2D eigenvalue weighted by molar-refractivity contribution is -0.384. The van der Waals surface area contributed by atoms with Crippen molar-refractivity contribution >= 4 is 44.6 Å². The highest BCUT2D eigenvalue weighted by Crippen LogP contribution is 2.24. The van der Waals surface area contributed by atoms with Crippen molar-refractivity contribution in [3.63, 3.8) is 0 Å². The average Bonchev–Trinajstić information content (AvgIpc) is 2.69. The molecule has 0 aromatic heterocycles. The minimum absolute atomic E-state index is 0.0249. The molecule has 3 aromatic rings. The fourth-order valence-corrected chi connectivity index (χ4v) is 3.77. The van der Waals surface area contributed by atoms with E-state index in [-0.39, 0.29) is 32.5 Å². The van der Waals surface area contributed by atoms with Gasteiger partial charge in [0.05, 0.1) is 20.4 Å². The fraction of sp³-hybridized carbons (Fsp3) is 0. The molecule has 0 saturated heterocycles. The molecule has 0 saturated carbocycles. The Hall–Kier alpha value is -3.50. The zero-order chi connectivity index (χ0) is 21.9. The molecule has 3 rings (SSSR count). The Kier molecular flexibility index (Phi) is 5.99. The maximum absolute atomic E-state index is 12.9. The number of hydrogen-bond acceptors (Lipinski definition) is 5. The largest absolute Gasteiger partial charge is 0.322 e. The molecule has 0 bridgehead atoms. The predicted octanol–water partition coefficient (Wildman–Crippen LogP) is 4.44. The molecule has 1 amide bonds. The molecule has 0 aliphatic carbocycles. The van der Waals surface area contributed by atoms with Gasteiger partial charge < -0.3 is 5.32 Å². The highest BCUT2D eigenvalue weighted by Gasteiger charge is 2.17. The number of benzene rings is 3. The number of nitro benzene ring substituents is 1. The van der Waals surface area contributed by atoms with E-state index in [1.807, 2.05) is 0 Å². The number of anilines is 2. The zero-order valence-electron chi connectivity index (χ0n) is 15.0. The highest BCUT2D eigenvalue weighted by atomic mass is 35.5. The van der Waals surface area contributed by atoms with E-state index in [9.17, 15) is 27.7 Å². The van der Waals surface area contributed by atoms with Crippen LogP contribution in [0.2, 0.25) is 5.02 Å². The first-order valence-corrected chi connectivity index (χ1v) is 10.2. The Morgan fingerprint density at radius 3 is 2.13 bits per heavy atom. The van der Waals surface area contributed by atoms with Crippen LogP contribution in [0.5, 0.6) is 0 Å². The van der Waals surface area contributed by atoms with E-state index in [4.69, 9.17) is 11.6 Å². The second-order valence-electron chi connectivity index (χ2n) is 6.01. The van der Waals surface area contributed by atoms with Gasteiger partial charge in [0, 0.05) is 23.5 Å². The van der Waals surface area contributed by atoms with Crippen LogP contribution in [0, 0.1) is 15.9 Å². The first-order valence-electron chi connectivity index (χ1n) is 8.29. The molecule has 0 aliphatic rings. The number of nitro groups is 1. The Balaban J connectivity index is 1.73. The second kappa shape index (κ2) is 8.47. The van der Waals surface area contributed by atoms with Gasteiger partial charge in [0.1, 0.15) is 5.82 Å². The zero-order valence-corrected chi connectivity index (χ0v) is 16.6. The Labute approximate surface area is 175 Å². The van der Waals surface area contributed by atoms with Crippen molar-refractivity contribution in [3.8, 4) is 0 Å². The molecule has 2 N–H and O–H groups in total. The molecule has 8 nitrogen and oxygen atoms in total. The molecule has 30 heavy (non-hydrogen) atoms.